The molecular weight excluding hydrogens is 1380 g/mol. The SMILES string of the molecule is [2H]c1c([2H])c([2H])c2c(c1[2H])c1c([2H])c([2H])c([2H])c([2H])c1n2-c1ccc2c(c1)N(c1ccc(-c3ccccc3)cc1)c1cc3c(c4c1B2c1ccc(-n2c5ccc(C(C)(C)C)cc5c5cc(C(C)(C)C)ccc52)cc1N4c1c(-c2ccccc2)cc(C(C)(C)C)cc1-c1ccccc1)c1cccc2c4ccccc4c4ccccc4c4ccccc4n3c21. The van der Waals surface area contributed by atoms with Crippen LogP contribution < -0.4 is 26.2 Å². The van der Waals surface area contributed by atoms with Gasteiger partial charge in [-0.1, -0.05) is 311 Å². The molecule has 0 saturated heterocycles. The zero-order valence-corrected chi connectivity index (χ0v) is 65.1. The maximum atomic E-state index is 9.93. The summed E-state index contributed by atoms with van der Waals surface area (Å²) in [6, 6.07) is 106. The van der Waals surface area contributed by atoms with Crippen LogP contribution in [0.15, 0.2) is 346 Å². The number of anilines is 6. The van der Waals surface area contributed by atoms with Crippen LogP contribution in [0.2, 0.25) is 0 Å². The zero-order valence-electron chi connectivity index (χ0n) is 73.1. The fourth-order valence-electron chi connectivity index (χ4n) is 19.0. The highest BCUT2D eigenvalue weighted by Gasteiger charge is 2.47. The quantitative estimate of drug-likeness (QED) is 0.148. The molecule has 22 rings (SSSR count). The highest BCUT2D eigenvalue weighted by Crippen LogP contribution is 2.56. The van der Waals surface area contributed by atoms with Gasteiger partial charge in [-0.25, -0.2) is 0 Å². The summed E-state index contributed by atoms with van der Waals surface area (Å²) >= 11 is 0. The van der Waals surface area contributed by atoms with E-state index in [2.05, 4.69) is 366 Å². The maximum Gasteiger partial charge on any atom is 0.252 e. The van der Waals surface area contributed by atoms with E-state index in [1.165, 1.54) is 27.5 Å². The number of aromatic nitrogens is 3. The van der Waals surface area contributed by atoms with Crippen molar-refractivity contribution in [2.75, 3.05) is 9.80 Å². The van der Waals surface area contributed by atoms with Crippen LogP contribution in [0.4, 0.5) is 34.1 Å². The molecule has 20 aromatic rings. The number of nitrogens with zero attached hydrogens (tertiary/aromatic N) is 5. The molecule has 0 radical (unpaired) electrons. The lowest BCUT2D eigenvalue weighted by Crippen LogP contribution is -2.61. The smallest absolute Gasteiger partial charge is 0.252 e. The van der Waals surface area contributed by atoms with Crippen LogP contribution in [0, 0.1) is 0 Å². The Bertz CT molecular complexity index is 7780. The summed E-state index contributed by atoms with van der Waals surface area (Å²) in [7, 11) is 0. The Kier molecular flexibility index (Phi) is 13.1. The average molecular weight is 1470 g/mol. The molecule has 16 aromatic carbocycles. The van der Waals surface area contributed by atoms with Gasteiger partial charge in [0.15, 0.2) is 0 Å². The van der Waals surface area contributed by atoms with Crippen molar-refractivity contribution >= 4 is 160 Å². The zero-order chi connectivity index (χ0) is 83.7. The number of benzene rings is 16. The van der Waals surface area contributed by atoms with Crippen LogP contribution in [0.5, 0.6) is 0 Å². The Morgan fingerprint density at radius 2 is 0.702 bits per heavy atom. The second kappa shape index (κ2) is 25.0. The van der Waals surface area contributed by atoms with E-state index in [1.54, 1.807) is 4.57 Å². The second-order valence-corrected chi connectivity index (χ2v) is 34.2. The molecule has 0 unspecified atom stereocenters. The van der Waals surface area contributed by atoms with Crippen molar-refractivity contribution in [1.82, 2.24) is 13.5 Å². The molecule has 544 valence electrons. The van der Waals surface area contributed by atoms with E-state index in [-0.39, 0.29) is 50.1 Å². The molecule has 0 saturated carbocycles. The third-order valence-electron chi connectivity index (χ3n) is 24.5. The molecule has 0 atom stereocenters. The largest absolute Gasteiger partial charge is 0.311 e. The third kappa shape index (κ3) is 10.2. The summed E-state index contributed by atoms with van der Waals surface area (Å²) in [6.07, 6.45) is 0. The molecule has 2 aliphatic heterocycles. The molecule has 0 spiro atoms. The van der Waals surface area contributed by atoms with Crippen molar-refractivity contribution < 1.29 is 11.0 Å². The summed E-state index contributed by atoms with van der Waals surface area (Å²) in [5.41, 5.74) is 24.3. The molecule has 0 aliphatic carbocycles. The van der Waals surface area contributed by atoms with Gasteiger partial charge < -0.3 is 23.3 Å². The Hall–Kier alpha value is -13.4. The highest BCUT2D eigenvalue weighted by molar-refractivity contribution is 7.00. The molecule has 6 heterocycles. The van der Waals surface area contributed by atoms with E-state index in [9.17, 15) is 8.22 Å². The first-order chi connectivity index (χ1) is 58.8. The fourth-order valence-corrected chi connectivity index (χ4v) is 19.0. The van der Waals surface area contributed by atoms with E-state index >= 15 is 0 Å². The van der Waals surface area contributed by atoms with Gasteiger partial charge in [0.1, 0.15) is 0 Å². The van der Waals surface area contributed by atoms with Gasteiger partial charge in [-0.15, -0.1) is 0 Å². The van der Waals surface area contributed by atoms with Gasteiger partial charge in [0, 0.05) is 88.3 Å². The minimum absolute atomic E-state index is 0.00746. The fraction of sp³-hybridized carbons (Fsp3) is 0.111. The summed E-state index contributed by atoms with van der Waals surface area (Å²) < 4.78 is 82.9. The molecule has 4 aromatic heterocycles. The number of para-hydroxylation sites is 4. The molecule has 6 heteroatoms. The Balaban J connectivity index is 0.985. The lowest BCUT2D eigenvalue weighted by molar-refractivity contribution is 0.590. The standard InChI is InChI=1S/C108H84BN5/c1-106(2,3)71-50-58-95-88(60-71)89-61-72(107(4,5)6)51-59-96(89)112(95)76-55-57-91-98(65-76)114(104-86(69-32-15-11-16-33-69)62-73(108(7,8)9)63-87(104)70-34-17-12-18-35-70)105-101-85-44-29-43-84-80-39-22-20-37-78(80)77-36-19-21-38-79(77)81-40-23-28-47-94(81)113(103(84)85)99(101)66-100-102(105)109(91)90-56-54-75(111-92-45-26-24-41-82(92)83-42-25-27-46-93(83)111)64-97(90)110(100)74-52-48-68(49-53-74)67-30-13-10-14-31-67/h10-66H,1-9H3/i24D,25D,26D,27D,41D,42D,45D,46D. The van der Waals surface area contributed by atoms with Crippen molar-refractivity contribution in [1.29, 1.82) is 0 Å². The van der Waals surface area contributed by atoms with Gasteiger partial charge in [-0.3, -0.25) is 0 Å². The number of hydrogen-bond acceptors (Lipinski definition) is 2. The molecular formula is C108H84BN5. The van der Waals surface area contributed by atoms with Gasteiger partial charge in [-0.05, 0) is 190 Å². The van der Waals surface area contributed by atoms with E-state index < -0.39 is 43.0 Å². The van der Waals surface area contributed by atoms with E-state index in [0.29, 0.717) is 5.69 Å². The summed E-state index contributed by atoms with van der Waals surface area (Å²) in [5.74, 6) is 0. The Labute approximate surface area is 676 Å². The Morgan fingerprint density at radius 3 is 1.24 bits per heavy atom. The van der Waals surface area contributed by atoms with E-state index in [4.69, 9.17) is 2.74 Å². The first-order valence-corrected chi connectivity index (χ1v) is 39.7. The first kappa shape index (κ1) is 59.4. The van der Waals surface area contributed by atoms with Crippen molar-refractivity contribution in [3.05, 3.63) is 362 Å². The summed E-state index contributed by atoms with van der Waals surface area (Å²) in [4.78, 5) is 5.08. The molecule has 2 aliphatic rings. The number of fused-ring (bicyclic) bond motifs is 21. The van der Waals surface area contributed by atoms with Crippen LogP contribution in [0.3, 0.4) is 0 Å². The predicted molar refractivity (Wildman–Crippen MR) is 489 cm³/mol. The third-order valence-corrected chi connectivity index (χ3v) is 24.5. The first-order valence-electron chi connectivity index (χ1n) is 43.7. The second-order valence-electron chi connectivity index (χ2n) is 34.2. The minimum Gasteiger partial charge on any atom is -0.311 e. The number of hydrogen-bond donors (Lipinski definition) is 0. The predicted octanol–water partition coefficient (Wildman–Crippen LogP) is 27.4. The van der Waals surface area contributed by atoms with Gasteiger partial charge in [0.2, 0.25) is 0 Å². The van der Waals surface area contributed by atoms with Crippen LogP contribution in [-0.4, -0.2) is 20.2 Å². The van der Waals surface area contributed by atoms with Crippen molar-refractivity contribution in [2.24, 2.45) is 0 Å². The normalized spacial score (nSPS) is 14.1. The van der Waals surface area contributed by atoms with Gasteiger partial charge >= 0.3 is 0 Å². The van der Waals surface area contributed by atoms with E-state index in [0.717, 1.165) is 160 Å². The molecule has 5 nitrogen and oxygen atoms in total. The van der Waals surface area contributed by atoms with E-state index in [1.807, 2.05) is 12.1 Å². The minimum atomic E-state index is -0.572. The van der Waals surface area contributed by atoms with Gasteiger partial charge in [0.25, 0.3) is 6.71 Å². The average Bonchev–Trinajstić information content (AvgIpc) is 1.31. The van der Waals surface area contributed by atoms with Crippen LogP contribution >= 0.6 is 0 Å². The maximum absolute atomic E-state index is 9.93. The summed E-state index contributed by atoms with van der Waals surface area (Å²) in [5, 5.41) is 11.0. The monoisotopic (exact) mass is 1470 g/mol. The molecule has 0 fully saturated rings. The summed E-state index contributed by atoms with van der Waals surface area (Å²) in [6.45, 7) is 20.1. The van der Waals surface area contributed by atoms with Crippen LogP contribution in [0.25, 0.3) is 148 Å². The molecule has 114 heavy (non-hydrogen) atoms. The van der Waals surface area contributed by atoms with Crippen molar-refractivity contribution in [2.45, 2.75) is 78.6 Å². The van der Waals surface area contributed by atoms with Crippen LogP contribution in [-0.2, 0) is 16.2 Å². The highest BCUT2D eigenvalue weighted by atomic mass is 15.2. The molecule has 0 amide bonds. The molecule has 0 N–H and O–H groups in total. The lowest BCUT2D eigenvalue weighted by atomic mass is 9.33. The van der Waals surface area contributed by atoms with Crippen LogP contribution in [0.1, 0.15) is 90.0 Å². The van der Waals surface area contributed by atoms with Crippen molar-refractivity contribution in [3.63, 3.8) is 0 Å². The molecule has 0 bridgehead atoms. The Morgan fingerprint density at radius 1 is 0.272 bits per heavy atom. The topological polar surface area (TPSA) is 20.8 Å². The lowest BCUT2D eigenvalue weighted by Gasteiger charge is -2.45. The van der Waals surface area contributed by atoms with Gasteiger partial charge in [-0.2, -0.15) is 0 Å². The number of rotatable bonds is 7. The van der Waals surface area contributed by atoms with Gasteiger partial charge in [0.05, 0.1) is 61.0 Å². The van der Waals surface area contributed by atoms with Crippen molar-refractivity contribution in [3.8, 4) is 44.8 Å².